The van der Waals surface area contributed by atoms with E-state index in [4.69, 9.17) is 0 Å². The molecule has 4 aromatic rings. The Morgan fingerprint density at radius 3 is 2.61 bits per heavy atom. The smallest absolute Gasteiger partial charge is 0.249 e. The fourth-order valence-electron chi connectivity index (χ4n) is 3.91. The number of aromatic nitrogens is 4. The average molecular weight is 416 g/mol. The minimum Gasteiger partial charge on any atom is -0.339 e. The third-order valence-corrected chi connectivity index (χ3v) is 5.73. The molecule has 3 N–H and O–H groups in total. The Morgan fingerprint density at radius 1 is 1.03 bits per heavy atom. The fourth-order valence-corrected chi connectivity index (χ4v) is 3.91. The van der Waals surface area contributed by atoms with Crippen LogP contribution in [-0.4, -0.2) is 63.0 Å². The molecule has 4 heterocycles. The number of pyridine rings is 1. The molecule has 8 nitrogen and oxygen atoms in total. The summed E-state index contributed by atoms with van der Waals surface area (Å²) in [6, 6.07) is 14.0. The molecule has 5 rings (SSSR count). The zero-order chi connectivity index (χ0) is 21.2. The number of nitrogens with zero attached hydrogens (tertiary/aromatic N) is 4. The molecule has 31 heavy (non-hydrogen) atoms. The van der Waals surface area contributed by atoms with E-state index in [0.29, 0.717) is 11.5 Å². The fraction of sp³-hybridized carbons (Fsp3) is 0.261. The van der Waals surface area contributed by atoms with Gasteiger partial charge in [-0.1, -0.05) is 24.3 Å². The van der Waals surface area contributed by atoms with Crippen LogP contribution in [0.5, 0.6) is 0 Å². The molecule has 1 aromatic carbocycles. The molecule has 1 aliphatic heterocycles. The second kappa shape index (κ2) is 8.33. The van der Waals surface area contributed by atoms with Crippen molar-refractivity contribution in [3.8, 4) is 11.3 Å². The van der Waals surface area contributed by atoms with E-state index in [0.717, 1.165) is 55.0 Å². The second-order valence-electron chi connectivity index (χ2n) is 8.01. The van der Waals surface area contributed by atoms with E-state index < -0.39 is 0 Å². The van der Waals surface area contributed by atoms with Crippen molar-refractivity contribution in [2.45, 2.75) is 6.54 Å². The highest BCUT2D eigenvalue weighted by Gasteiger charge is 2.14. The Bertz CT molecular complexity index is 1240. The summed E-state index contributed by atoms with van der Waals surface area (Å²) in [6.07, 6.45) is 3.12. The Hall–Kier alpha value is -3.49. The van der Waals surface area contributed by atoms with Gasteiger partial charge in [-0.15, -0.1) is 0 Å². The maximum Gasteiger partial charge on any atom is 0.249 e. The molecule has 0 spiro atoms. The van der Waals surface area contributed by atoms with Gasteiger partial charge in [0.2, 0.25) is 5.56 Å². The van der Waals surface area contributed by atoms with Crippen molar-refractivity contribution in [2.24, 2.45) is 0 Å². The molecule has 1 fully saturated rings. The number of fused-ring (bicyclic) bond motifs is 1. The van der Waals surface area contributed by atoms with Crippen LogP contribution in [0.25, 0.3) is 22.3 Å². The predicted octanol–water partition coefficient (Wildman–Crippen LogP) is 2.80. The number of likely N-dealkylation sites (N-methyl/N-ethyl adjacent to an activating group) is 1. The number of anilines is 2. The van der Waals surface area contributed by atoms with Crippen LogP contribution in [-0.2, 0) is 6.54 Å². The van der Waals surface area contributed by atoms with Gasteiger partial charge in [-0.3, -0.25) is 9.69 Å². The normalized spacial score (nSPS) is 15.4. The molecule has 1 aliphatic rings. The summed E-state index contributed by atoms with van der Waals surface area (Å²) in [4.78, 5) is 31.1. The molecule has 0 atom stereocenters. The van der Waals surface area contributed by atoms with Gasteiger partial charge >= 0.3 is 0 Å². The first kappa shape index (κ1) is 19.5. The van der Waals surface area contributed by atoms with E-state index >= 15 is 0 Å². The van der Waals surface area contributed by atoms with Gasteiger partial charge in [0, 0.05) is 56.4 Å². The van der Waals surface area contributed by atoms with E-state index in [1.807, 2.05) is 6.07 Å². The molecule has 1 saturated heterocycles. The molecule has 0 amide bonds. The Kier molecular flexibility index (Phi) is 5.23. The van der Waals surface area contributed by atoms with Crippen molar-refractivity contribution in [3.63, 3.8) is 0 Å². The van der Waals surface area contributed by atoms with Crippen LogP contribution in [0.1, 0.15) is 5.56 Å². The first-order chi connectivity index (χ1) is 15.1. The predicted molar refractivity (Wildman–Crippen MR) is 122 cm³/mol. The van der Waals surface area contributed by atoms with E-state index in [2.05, 4.69) is 66.4 Å². The molecule has 0 radical (unpaired) electrons. The lowest BCUT2D eigenvalue weighted by molar-refractivity contribution is 0.148. The van der Waals surface area contributed by atoms with Crippen LogP contribution in [0, 0.1) is 0 Å². The highest BCUT2D eigenvalue weighted by Crippen LogP contribution is 2.28. The zero-order valence-corrected chi connectivity index (χ0v) is 17.4. The maximum absolute atomic E-state index is 11.6. The lowest BCUT2D eigenvalue weighted by Crippen LogP contribution is -2.43. The van der Waals surface area contributed by atoms with Gasteiger partial charge in [-0.2, -0.15) is 0 Å². The van der Waals surface area contributed by atoms with Crippen LogP contribution >= 0.6 is 0 Å². The lowest BCUT2D eigenvalue weighted by atomic mass is 10.1. The summed E-state index contributed by atoms with van der Waals surface area (Å²) in [5.41, 5.74) is 4.67. The quantitative estimate of drug-likeness (QED) is 0.464. The van der Waals surface area contributed by atoms with Crippen molar-refractivity contribution >= 4 is 22.5 Å². The number of aromatic amines is 2. The maximum atomic E-state index is 11.6. The van der Waals surface area contributed by atoms with Crippen molar-refractivity contribution in [3.05, 3.63) is 70.9 Å². The third-order valence-electron chi connectivity index (χ3n) is 5.73. The highest BCUT2D eigenvalue weighted by atomic mass is 16.1. The Morgan fingerprint density at radius 2 is 1.84 bits per heavy atom. The molecule has 0 bridgehead atoms. The number of rotatable bonds is 5. The number of piperazine rings is 1. The van der Waals surface area contributed by atoms with Crippen molar-refractivity contribution in [2.75, 3.05) is 38.5 Å². The summed E-state index contributed by atoms with van der Waals surface area (Å²) in [5.74, 6) is 0.657. The summed E-state index contributed by atoms with van der Waals surface area (Å²) in [5, 5.41) is 4.08. The lowest BCUT2D eigenvalue weighted by Gasteiger charge is -2.32. The largest absolute Gasteiger partial charge is 0.339 e. The van der Waals surface area contributed by atoms with Gasteiger partial charge in [0.25, 0.3) is 0 Å². The van der Waals surface area contributed by atoms with Gasteiger partial charge in [0.1, 0.15) is 17.8 Å². The summed E-state index contributed by atoms with van der Waals surface area (Å²) >= 11 is 0. The monoisotopic (exact) mass is 415 g/mol. The summed E-state index contributed by atoms with van der Waals surface area (Å²) < 4.78 is 0. The van der Waals surface area contributed by atoms with Crippen LogP contribution in [0.2, 0.25) is 0 Å². The molecular formula is C23H25N7O. The van der Waals surface area contributed by atoms with Gasteiger partial charge in [-0.05, 0) is 30.3 Å². The summed E-state index contributed by atoms with van der Waals surface area (Å²) in [7, 11) is 2.18. The topological polar surface area (TPSA) is 92.9 Å². The number of H-pyrrole nitrogens is 2. The second-order valence-corrected chi connectivity index (χ2v) is 8.01. The first-order valence-electron chi connectivity index (χ1n) is 10.4. The first-order valence-corrected chi connectivity index (χ1v) is 10.4. The molecule has 3 aromatic heterocycles. The van der Waals surface area contributed by atoms with Crippen molar-refractivity contribution in [1.82, 2.24) is 29.7 Å². The van der Waals surface area contributed by atoms with E-state index in [9.17, 15) is 4.79 Å². The minimum atomic E-state index is -0.165. The Labute approximate surface area is 180 Å². The molecule has 158 valence electrons. The molecular weight excluding hydrogens is 390 g/mol. The van der Waals surface area contributed by atoms with Crippen LogP contribution in [0.3, 0.4) is 0 Å². The molecule has 0 unspecified atom stereocenters. The molecule has 8 heteroatoms. The van der Waals surface area contributed by atoms with Gasteiger partial charge in [0.15, 0.2) is 0 Å². The third kappa shape index (κ3) is 4.35. The molecule has 0 saturated carbocycles. The van der Waals surface area contributed by atoms with E-state index in [1.165, 1.54) is 18.0 Å². The number of benzene rings is 1. The van der Waals surface area contributed by atoms with Crippen LogP contribution < -0.4 is 10.9 Å². The number of nitrogens with one attached hydrogen (secondary N) is 3. The summed E-state index contributed by atoms with van der Waals surface area (Å²) in [6.45, 7) is 5.46. The van der Waals surface area contributed by atoms with E-state index in [-0.39, 0.29) is 5.56 Å². The SMILES string of the molecule is CN1CCN(Cc2ccc(-c3cc4c(Nc5cc[nH]c(=O)c5)ncnc4[nH]3)cc2)CC1. The van der Waals surface area contributed by atoms with Crippen molar-refractivity contribution < 1.29 is 0 Å². The Balaban J connectivity index is 1.36. The standard InChI is InChI=1S/C23H25N7O/c1-29-8-10-30(11-9-29)14-16-2-4-17(5-3-16)20-13-19-22(25-15-26-23(19)28-20)27-18-6-7-24-21(31)12-18/h2-7,12-13,15H,8-11,14H2,1H3,(H3,24,25,26,27,28,31). The number of hydrogen-bond donors (Lipinski definition) is 3. The minimum absolute atomic E-state index is 0.165. The zero-order valence-electron chi connectivity index (χ0n) is 17.4. The van der Waals surface area contributed by atoms with Crippen LogP contribution in [0.15, 0.2) is 59.8 Å². The van der Waals surface area contributed by atoms with Crippen molar-refractivity contribution in [1.29, 1.82) is 0 Å². The van der Waals surface area contributed by atoms with Gasteiger partial charge < -0.3 is 20.2 Å². The van der Waals surface area contributed by atoms with Gasteiger partial charge in [-0.25, -0.2) is 9.97 Å². The molecule has 0 aliphatic carbocycles. The van der Waals surface area contributed by atoms with Gasteiger partial charge in [0.05, 0.1) is 5.39 Å². The highest BCUT2D eigenvalue weighted by molar-refractivity contribution is 5.92. The average Bonchev–Trinajstić information content (AvgIpc) is 3.21. The van der Waals surface area contributed by atoms with E-state index in [1.54, 1.807) is 12.3 Å². The number of hydrogen-bond acceptors (Lipinski definition) is 6. The van der Waals surface area contributed by atoms with Crippen LogP contribution in [0.4, 0.5) is 11.5 Å².